The van der Waals surface area contributed by atoms with Gasteiger partial charge in [-0.15, -0.1) is 0 Å². The van der Waals surface area contributed by atoms with Gasteiger partial charge in [-0.3, -0.25) is 14.5 Å². The van der Waals surface area contributed by atoms with E-state index in [4.69, 9.17) is 0 Å². The van der Waals surface area contributed by atoms with Gasteiger partial charge in [0.05, 0.1) is 0 Å². The third-order valence-electron chi connectivity index (χ3n) is 2.66. The Morgan fingerprint density at radius 1 is 1.47 bits per heavy atom. The van der Waals surface area contributed by atoms with Crippen LogP contribution in [0, 0.1) is 11.8 Å². The van der Waals surface area contributed by atoms with E-state index in [0.717, 1.165) is 0 Å². The lowest BCUT2D eigenvalue weighted by molar-refractivity contribution is -0.128. The van der Waals surface area contributed by atoms with Crippen LogP contribution >= 0.6 is 24.4 Å². The summed E-state index contributed by atoms with van der Waals surface area (Å²) in [5, 5.41) is -0.0984. The second kappa shape index (κ2) is 5.80. The summed E-state index contributed by atoms with van der Waals surface area (Å²) in [7, 11) is 0. The topological polar surface area (TPSA) is 37.4 Å². The Morgan fingerprint density at radius 3 is 2.60 bits per heavy atom. The molecular formula is C10H17NO2S2. The number of hydrogen-bond acceptors (Lipinski definition) is 4. The SMILES string of the molecule is CC(C)C(CS)CN1C(=O)CCSC1=O. The third kappa shape index (κ3) is 3.41. The van der Waals surface area contributed by atoms with E-state index in [2.05, 4.69) is 26.5 Å². The third-order valence-corrected chi connectivity index (χ3v) is 4.00. The monoisotopic (exact) mass is 247 g/mol. The minimum Gasteiger partial charge on any atom is -0.274 e. The minimum absolute atomic E-state index is 0.0359. The van der Waals surface area contributed by atoms with Crippen LogP contribution in [0.15, 0.2) is 0 Å². The summed E-state index contributed by atoms with van der Waals surface area (Å²) in [6.45, 7) is 4.70. The van der Waals surface area contributed by atoms with Crippen LogP contribution in [0.3, 0.4) is 0 Å². The molecule has 86 valence electrons. The highest BCUT2D eigenvalue weighted by molar-refractivity contribution is 8.13. The summed E-state index contributed by atoms with van der Waals surface area (Å²) in [5.41, 5.74) is 0. The molecule has 0 aliphatic carbocycles. The first kappa shape index (κ1) is 12.9. The van der Waals surface area contributed by atoms with Gasteiger partial charge in [0.2, 0.25) is 5.91 Å². The van der Waals surface area contributed by atoms with Crippen molar-refractivity contribution in [2.24, 2.45) is 11.8 Å². The first-order chi connectivity index (χ1) is 7.06. The van der Waals surface area contributed by atoms with Crippen LogP contribution in [-0.4, -0.2) is 34.1 Å². The first-order valence-electron chi connectivity index (χ1n) is 5.14. The van der Waals surface area contributed by atoms with E-state index in [9.17, 15) is 9.59 Å². The van der Waals surface area contributed by atoms with Crippen molar-refractivity contribution in [1.82, 2.24) is 4.90 Å². The molecule has 1 unspecified atom stereocenters. The second-order valence-corrected chi connectivity index (χ2v) is 5.47. The molecule has 0 aromatic rings. The number of thioether (sulfide) groups is 1. The van der Waals surface area contributed by atoms with E-state index in [1.807, 2.05) is 0 Å². The highest BCUT2D eigenvalue weighted by atomic mass is 32.2. The number of hydrogen-bond donors (Lipinski definition) is 1. The van der Waals surface area contributed by atoms with Crippen molar-refractivity contribution in [3.63, 3.8) is 0 Å². The zero-order valence-corrected chi connectivity index (χ0v) is 10.8. The normalized spacial score (nSPS) is 19.9. The molecule has 0 bridgehead atoms. The maximum absolute atomic E-state index is 11.5. The van der Waals surface area contributed by atoms with Crippen LogP contribution in [0.5, 0.6) is 0 Å². The molecule has 3 nitrogen and oxygen atoms in total. The van der Waals surface area contributed by atoms with Gasteiger partial charge in [0.1, 0.15) is 0 Å². The summed E-state index contributed by atoms with van der Waals surface area (Å²) >= 11 is 5.49. The average Bonchev–Trinajstić information content (AvgIpc) is 2.17. The Balaban J connectivity index is 2.61. The van der Waals surface area contributed by atoms with Crippen LogP contribution in [-0.2, 0) is 4.79 Å². The first-order valence-corrected chi connectivity index (χ1v) is 6.76. The van der Waals surface area contributed by atoms with E-state index in [1.54, 1.807) is 0 Å². The zero-order valence-electron chi connectivity index (χ0n) is 9.10. The highest BCUT2D eigenvalue weighted by Crippen LogP contribution is 2.22. The molecule has 2 amide bonds. The van der Waals surface area contributed by atoms with E-state index in [0.29, 0.717) is 36.3 Å². The Labute approximate surface area is 100 Å². The second-order valence-electron chi connectivity index (χ2n) is 4.06. The molecule has 1 fully saturated rings. The molecular weight excluding hydrogens is 230 g/mol. The number of amides is 2. The van der Waals surface area contributed by atoms with E-state index < -0.39 is 0 Å². The lowest BCUT2D eigenvalue weighted by Crippen LogP contribution is -2.42. The van der Waals surface area contributed by atoms with Gasteiger partial charge in [0.15, 0.2) is 0 Å². The number of imide groups is 1. The van der Waals surface area contributed by atoms with Gasteiger partial charge in [-0.2, -0.15) is 12.6 Å². The fourth-order valence-electron chi connectivity index (χ4n) is 1.43. The molecule has 15 heavy (non-hydrogen) atoms. The zero-order chi connectivity index (χ0) is 11.4. The van der Waals surface area contributed by atoms with Gasteiger partial charge in [-0.1, -0.05) is 25.6 Å². The highest BCUT2D eigenvalue weighted by Gasteiger charge is 2.29. The Hall–Kier alpha value is -0.160. The van der Waals surface area contributed by atoms with Crippen molar-refractivity contribution in [2.75, 3.05) is 18.1 Å². The van der Waals surface area contributed by atoms with Crippen molar-refractivity contribution in [3.05, 3.63) is 0 Å². The quantitative estimate of drug-likeness (QED) is 0.774. The molecule has 0 spiro atoms. The summed E-state index contributed by atoms with van der Waals surface area (Å²) in [5.74, 6) is 2.03. The van der Waals surface area contributed by atoms with Crippen LogP contribution in [0.25, 0.3) is 0 Å². The molecule has 1 atom stereocenters. The Bertz CT molecular complexity index is 240. The number of thiol groups is 1. The molecule has 1 rings (SSSR count). The number of rotatable bonds is 4. The predicted octanol–water partition coefficient (Wildman–Crippen LogP) is 2.27. The smallest absolute Gasteiger partial charge is 0.274 e. The minimum atomic E-state index is -0.0984. The molecule has 5 heteroatoms. The number of carbonyl (C=O) groups is 2. The fourth-order valence-corrected chi connectivity index (χ4v) is 2.75. The molecule has 0 aromatic heterocycles. The number of carbonyl (C=O) groups excluding carboxylic acids is 2. The fraction of sp³-hybridized carbons (Fsp3) is 0.800. The van der Waals surface area contributed by atoms with Crippen molar-refractivity contribution < 1.29 is 9.59 Å². The molecule has 0 radical (unpaired) electrons. The van der Waals surface area contributed by atoms with E-state index in [-0.39, 0.29) is 11.1 Å². The molecule has 1 aliphatic rings. The Kier molecular flexibility index (Phi) is 4.99. The maximum atomic E-state index is 11.5. The van der Waals surface area contributed by atoms with Crippen molar-refractivity contribution in [3.8, 4) is 0 Å². The molecule has 0 aromatic carbocycles. The lowest BCUT2D eigenvalue weighted by Gasteiger charge is -2.29. The maximum Gasteiger partial charge on any atom is 0.288 e. The van der Waals surface area contributed by atoms with Gasteiger partial charge in [0.25, 0.3) is 5.24 Å². The van der Waals surface area contributed by atoms with Gasteiger partial charge in [0, 0.05) is 18.7 Å². The summed E-state index contributed by atoms with van der Waals surface area (Å²) < 4.78 is 0. The molecule has 0 N–H and O–H groups in total. The van der Waals surface area contributed by atoms with Crippen LogP contribution in [0.4, 0.5) is 4.79 Å². The van der Waals surface area contributed by atoms with Gasteiger partial charge < -0.3 is 0 Å². The molecule has 1 aliphatic heterocycles. The molecule has 1 heterocycles. The van der Waals surface area contributed by atoms with E-state index in [1.165, 1.54) is 16.7 Å². The largest absolute Gasteiger partial charge is 0.288 e. The lowest BCUT2D eigenvalue weighted by atomic mass is 9.97. The standard InChI is InChI=1S/C10H17NO2S2/c1-7(2)8(6-14)5-11-9(12)3-4-15-10(11)13/h7-8,14H,3-6H2,1-2H3. The predicted molar refractivity (Wildman–Crippen MR) is 66.4 cm³/mol. The van der Waals surface area contributed by atoms with Crippen molar-refractivity contribution in [1.29, 1.82) is 0 Å². The average molecular weight is 247 g/mol. The van der Waals surface area contributed by atoms with Gasteiger partial charge >= 0.3 is 0 Å². The van der Waals surface area contributed by atoms with Gasteiger partial charge in [-0.05, 0) is 17.6 Å². The Morgan fingerprint density at radius 2 is 2.13 bits per heavy atom. The van der Waals surface area contributed by atoms with Gasteiger partial charge in [-0.25, -0.2) is 0 Å². The molecule has 1 saturated heterocycles. The molecule has 0 saturated carbocycles. The van der Waals surface area contributed by atoms with Crippen LogP contribution < -0.4 is 0 Å². The summed E-state index contributed by atoms with van der Waals surface area (Å²) in [6.07, 6.45) is 0.480. The summed E-state index contributed by atoms with van der Waals surface area (Å²) in [6, 6.07) is 0. The van der Waals surface area contributed by atoms with Crippen LogP contribution in [0.1, 0.15) is 20.3 Å². The van der Waals surface area contributed by atoms with E-state index >= 15 is 0 Å². The van der Waals surface area contributed by atoms with Crippen LogP contribution in [0.2, 0.25) is 0 Å². The van der Waals surface area contributed by atoms with Crippen molar-refractivity contribution in [2.45, 2.75) is 20.3 Å². The van der Waals surface area contributed by atoms with Crippen molar-refractivity contribution >= 4 is 35.5 Å². The number of nitrogens with zero attached hydrogens (tertiary/aromatic N) is 1. The summed E-state index contributed by atoms with van der Waals surface area (Å²) in [4.78, 5) is 24.5.